The van der Waals surface area contributed by atoms with Crippen LogP contribution in [0.1, 0.15) is 12.8 Å². The normalized spacial score (nSPS) is 28.1. The second-order valence-corrected chi connectivity index (χ2v) is 6.46. The molecule has 0 amide bonds. The molecule has 3 aliphatic rings. The highest BCUT2D eigenvalue weighted by molar-refractivity contribution is 6.30. The summed E-state index contributed by atoms with van der Waals surface area (Å²) in [5.41, 5.74) is 2.37. The Morgan fingerprint density at radius 1 is 1.56 bits per heavy atom. The summed E-state index contributed by atoms with van der Waals surface area (Å²) in [5.74, 6) is 0.288. The van der Waals surface area contributed by atoms with Gasteiger partial charge < -0.3 is 20.8 Å². The number of dihydropyridines is 1. The first kappa shape index (κ1) is 19.1. The zero-order chi connectivity index (χ0) is 19.1. The molecule has 142 valence electrons. The lowest BCUT2D eigenvalue weighted by atomic mass is 9.97. The van der Waals surface area contributed by atoms with Crippen LogP contribution in [0, 0.1) is 22.7 Å². The van der Waals surface area contributed by atoms with Crippen molar-refractivity contribution in [2.24, 2.45) is 25.9 Å². The lowest BCUT2D eigenvalue weighted by molar-refractivity contribution is 0.192. The van der Waals surface area contributed by atoms with E-state index in [-0.39, 0.29) is 6.04 Å². The Morgan fingerprint density at radius 2 is 2.44 bits per heavy atom. The standard InChI is InChI=1S/C18H24N8O/c1-21-10-15(8-20)25-18-22-4-2-16(26-18)13-6-12(7-19)17(23-9-13)24-14-3-5-27-11-14/h4,6,8,12,14,18,20-21H,2-3,5,9-11H2,1H3,(H,23,24). The molecule has 27 heavy (non-hydrogen) atoms. The minimum Gasteiger partial charge on any atom is -0.379 e. The third-order valence-electron chi connectivity index (χ3n) is 4.47. The highest BCUT2D eigenvalue weighted by Crippen LogP contribution is 2.18. The fraction of sp³-hybridized carbons (Fsp3) is 0.556. The smallest absolute Gasteiger partial charge is 0.233 e. The van der Waals surface area contributed by atoms with Crippen LogP contribution in [0.15, 0.2) is 31.6 Å². The van der Waals surface area contributed by atoms with E-state index < -0.39 is 12.2 Å². The lowest BCUT2D eigenvalue weighted by Gasteiger charge is -2.23. The Labute approximate surface area is 158 Å². The third-order valence-corrected chi connectivity index (χ3v) is 4.47. The maximum absolute atomic E-state index is 9.55. The second kappa shape index (κ2) is 9.30. The van der Waals surface area contributed by atoms with Gasteiger partial charge in [0.2, 0.25) is 6.29 Å². The van der Waals surface area contributed by atoms with Crippen LogP contribution in [0.5, 0.6) is 0 Å². The van der Waals surface area contributed by atoms with E-state index in [0.717, 1.165) is 24.3 Å². The molecule has 0 spiro atoms. The van der Waals surface area contributed by atoms with Gasteiger partial charge in [-0.1, -0.05) is 6.08 Å². The molecule has 0 aromatic carbocycles. The minimum absolute atomic E-state index is 0.221. The quantitative estimate of drug-likeness (QED) is 0.584. The van der Waals surface area contributed by atoms with E-state index in [1.54, 1.807) is 13.3 Å². The Balaban J connectivity index is 1.71. The van der Waals surface area contributed by atoms with Gasteiger partial charge in [-0.15, -0.1) is 0 Å². The van der Waals surface area contributed by atoms with E-state index in [1.807, 2.05) is 6.08 Å². The molecule has 3 atom stereocenters. The van der Waals surface area contributed by atoms with Crippen LogP contribution in [0.2, 0.25) is 0 Å². The summed E-state index contributed by atoms with van der Waals surface area (Å²) in [6, 6.07) is 2.52. The van der Waals surface area contributed by atoms with Crippen molar-refractivity contribution in [1.82, 2.24) is 10.6 Å². The van der Waals surface area contributed by atoms with Crippen LogP contribution < -0.4 is 10.6 Å². The number of amidine groups is 1. The number of hydrogen-bond donors (Lipinski definition) is 3. The summed E-state index contributed by atoms with van der Waals surface area (Å²) in [4.78, 5) is 17.8. The summed E-state index contributed by atoms with van der Waals surface area (Å²) in [6.07, 6.45) is 5.85. The molecule has 0 bridgehead atoms. The predicted octanol–water partition coefficient (Wildman–Crippen LogP) is 0.352. The monoisotopic (exact) mass is 368 g/mol. The van der Waals surface area contributed by atoms with Gasteiger partial charge in [-0.05, 0) is 19.0 Å². The van der Waals surface area contributed by atoms with Gasteiger partial charge in [-0.3, -0.25) is 4.99 Å². The summed E-state index contributed by atoms with van der Waals surface area (Å²) in [6.45, 7) is 2.36. The zero-order valence-electron chi connectivity index (χ0n) is 15.4. The van der Waals surface area contributed by atoms with E-state index in [2.05, 4.69) is 36.7 Å². The van der Waals surface area contributed by atoms with E-state index in [1.165, 1.54) is 6.21 Å². The van der Waals surface area contributed by atoms with Crippen molar-refractivity contribution in [3.05, 3.63) is 11.6 Å². The number of nitrogens with zero attached hydrogens (tertiary/aromatic N) is 5. The van der Waals surface area contributed by atoms with Gasteiger partial charge in [0.1, 0.15) is 11.8 Å². The fourth-order valence-electron chi connectivity index (χ4n) is 3.08. The third kappa shape index (κ3) is 4.93. The Bertz CT molecular complexity index is 752. The number of nitriles is 1. The number of nitrogens with one attached hydrogen (secondary N) is 3. The van der Waals surface area contributed by atoms with Crippen LogP contribution in [-0.2, 0) is 4.74 Å². The van der Waals surface area contributed by atoms with Gasteiger partial charge in [0, 0.05) is 37.7 Å². The Morgan fingerprint density at radius 3 is 3.15 bits per heavy atom. The average Bonchev–Trinajstić information content (AvgIpc) is 3.21. The lowest BCUT2D eigenvalue weighted by Crippen LogP contribution is -2.40. The van der Waals surface area contributed by atoms with Crippen LogP contribution in [0.25, 0.3) is 0 Å². The molecule has 3 unspecified atom stereocenters. The van der Waals surface area contributed by atoms with Crippen molar-refractivity contribution in [3.8, 4) is 6.07 Å². The molecule has 3 rings (SSSR count). The van der Waals surface area contributed by atoms with Crippen LogP contribution in [-0.4, -0.2) is 75.4 Å². The van der Waals surface area contributed by atoms with E-state index in [9.17, 15) is 5.26 Å². The van der Waals surface area contributed by atoms with Crippen molar-refractivity contribution in [2.45, 2.75) is 25.2 Å². The fourth-order valence-corrected chi connectivity index (χ4v) is 3.08. The molecule has 1 saturated heterocycles. The number of rotatable bonds is 6. The first-order valence-electron chi connectivity index (χ1n) is 9.03. The van der Waals surface area contributed by atoms with Crippen molar-refractivity contribution in [3.63, 3.8) is 0 Å². The summed E-state index contributed by atoms with van der Waals surface area (Å²) in [7, 11) is 1.80. The minimum atomic E-state index is -0.584. The SMILES string of the molecule is CNCC(C=N)=NC1N=CCC(C2=CC(C#N)C(NC3CCOC3)=NC2)=N1. The maximum atomic E-state index is 9.55. The molecular weight excluding hydrogens is 344 g/mol. The molecule has 0 aromatic rings. The van der Waals surface area contributed by atoms with E-state index in [0.29, 0.717) is 37.7 Å². The number of aliphatic imine (C=N–C) groups is 4. The molecule has 9 nitrogen and oxygen atoms in total. The molecular formula is C18H24N8O. The Hall–Kier alpha value is -2.70. The maximum Gasteiger partial charge on any atom is 0.233 e. The molecule has 9 heteroatoms. The van der Waals surface area contributed by atoms with Crippen LogP contribution >= 0.6 is 0 Å². The van der Waals surface area contributed by atoms with Crippen LogP contribution in [0.4, 0.5) is 0 Å². The summed E-state index contributed by atoms with van der Waals surface area (Å²) in [5, 5.41) is 23.3. The number of hydrogen-bond acceptors (Lipinski definition) is 9. The molecule has 3 N–H and O–H groups in total. The van der Waals surface area contributed by atoms with Gasteiger partial charge in [0.25, 0.3) is 0 Å². The van der Waals surface area contributed by atoms with Gasteiger partial charge in [0.05, 0.1) is 31.0 Å². The average molecular weight is 368 g/mol. The van der Waals surface area contributed by atoms with E-state index in [4.69, 9.17) is 10.1 Å². The molecule has 0 radical (unpaired) electrons. The highest BCUT2D eigenvalue weighted by atomic mass is 16.5. The molecule has 0 aliphatic carbocycles. The molecule has 0 saturated carbocycles. The molecule has 3 aliphatic heterocycles. The van der Waals surface area contributed by atoms with Gasteiger partial charge in [-0.2, -0.15) is 5.26 Å². The van der Waals surface area contributed by atoms with Crippen molar-refractivity contribution < 1.29 is 4.74 Å². The van der Waals surface area contributed by atoms with Crippen molar-refractivity contribution in [2.75, 3.05) is 33.4 Å². The predicted molar refractivity (Wildman–Crippen MR) is 106 cm³/mol. The second-order valence-electron chi connectivity index (χ2n) is 6.46. The largest absolute Gasteiger partial charge is 0.379 e. The van der Waals surface area contributed by atoms with Gasteiger partial charge >= 0.3 is 0 Å². The zero-order valence-corrected chi connectivity index (χ0v) is 15.4. The van der Waals surface area contributed by atoms with Gasteiger partial charge in [0.15, 0.2) is 0 Å². The summed E-state index contributed by atoms with van der Waals surface area (Å²) >= 11 is 0. The summed E-state index contributed by atoms with van der Waals surface area (Å²) < 4.78 is 5.37. The number of ether oxygens (including phenoxy) is 1. The molecule has 1 fully saturated rings. The first-order valence-corrected chi connectivity index (χ1v) is 9.03. The molecule has 0 aromatic heterocycles. The van der Waals surface area contributed by atoms with E-state index >= 15 is 0 Å². The topological polar surface area (TPSA) is 130 Å². The van der Waals surface area contributed by atoms with Gasteiger partial charge in [-0.25, -0.2) is 15.0 Å². The highest BCUT2D eigenvalue weighted by Gasteiger charge is 2.25. The Kier molecular flexibility index (Phi) is 6.57. The van der Waals surface area contributed by atoms with Crippen LogP contribution in [0.3, 0.4) is 0 Å². The first-order chi connectivity index (χ1) is 13.2. The van der Waals surface area contributed by atoms with Crippen molar-refractivity contribution >= 4 is 29.7 Å². The molecule has 3 heterocycles. The van der Waals surface area contributed by atoms with Crippen molar-refractivity contribution in [1.29, 1.82) is 10.7 Å².